The average Bonchev–Trinajstić information content (AvgIpc) is 2.65. The lowest BCUT2D eigenvalue weighted by Gasteiger charge is -2.12. The van der Waals surface area contributed by atoms with E-state index in [1.54, 1.807) is 25.1 Å². The van der Waals surface area contributed by atoms with Crippen molar-refractivity contribution < 1.29 is 19.2 Å². The molecule has 0 aliphatic heterocycles. The molecule has 0 radical (unpaired) electrons. The zero-order chi connectivity index (χ0) is 20.7. The number of thiocarbonyl (C=S) groups is 1. The maximum absolute atomic E-state index is 12.0. The standard InChI is InChI=1S/C17H15ClN4O5S/c1-10-7-12(18)5-6-14(10)27-9-15(23)20-21-17(28)19-16(24)11-3-2-4-13(8-11)22(25)26/h2-8H,9H2,1H3,(H,20,23)(H2,19,21,24,28). The van der Waals surface area contributed by atoms with Gasteiger partial charge >= 0.3 is 0 Å². The van der Waals surface area contributed by atoms with E-state index in [4.69, 9.17) is 28.6 Å². The van der Waals surface area contributed by atoms with E-state index >= 15 is 0 Å². The second-order valence-corrected chi connectivity index (χ2v) is 6.31. The van der Waals surface area contributed by atoms with E-state index in [1.807, 2.05) is 0 Å². The van der Waals surface area contributed by atoms with Crippen LogP contribution in [0, 0.1) is 17.0 Å². The smallest absolute Gasteiger partial charge is 0.276 e. The van der Waals surface area contributed by atoms with Gasteiger partial charge in [0.15, 0.2) is 11.7 Å². The van der Waals surface area contributed by atoms with E-state index in [9.17, 15) is 19.7 Å². The number of rotatable bonds is 5. The minimum atomic E-state index is -0.663. The minimum absolute atomic E-state index is 0.0474. The molecule has 0 unspecified atom stereocenters. The molecule has 0 saturated carbocycles. The van der Waals surface area contributed by atoms with E-state index in [1.165, 1.54) is 18.2 Å². The predicted octanol–water partition coefficient (Wildman–Crippen LogP) is 2.27. The first-order valence-electron chi connectivity index (χ1n) is 7.80. The highest BCUT2D eigenvalue weighted by molar-refractivity contribution is 7.80. The van der Waals surface area contributed by atoms with Crippen molar-refractivity contribution in [3.8, 4) is 5.75 Å². The molecule has 146 valence electrons. The lowest BCUT2D eigenvalue weighted by molar-refractivity contribution is -0.384. The zero-order valence-corrected chi connectivity index (χ0v) is 16.1. The van der Waals surface area contributed by atoms with Crippen LogP contribution in [0.15, 0.2) is 42.5 Å². The van der Waals surface area contributed by atoms with Crippen LogP contribution in [0.25, 0.3) is 0 Å². The molecule has 2 rings (SSSR count). The number of nitro groups is 1. The molecule has 2 aromatic rings. The third kappa shape index (κ3) is 6.18. The Balaban J connectivity index is 1.80. The van der Waals surface area contributed by atoms with Crippen LogP contribution >= 0.6 is 23.8 Å². The Kier molecular flexibility index (Phi) is 7.24. The number of benzene rings is 2. The number of non-ortho nitro benzene ring substituents is 1. The van der Waals surface area contributed by atoms with Crippen molar-refractivity contribution in [2.75, 3.05) is 6.61 Å². The summed E-state index contributed by atoms with van der Waals surface area (Å²) in [5.41, 5.74) is 5.20. The molecule has 2 aromatic carbocycles. The molecule has 11 heteroatoms. The van der Waals surface area contributed by atoms with E-state index in [-0.39, 0.29) is 23.0 Å². The normalized spacial score (nSPS) is 9.93. The number of aryl methyl sites for hydroxylation is 1. The van der Waals surface area contributed by atoms with Crippen LogP contribution in [0.3, 0.4) is 0 Å². The first-order chi connectivity index (χ1) is 13.3. The van der Waals surface area contributed by atoms with Gasteiger partial charge in [0.1, 0.15) is 5.75 Å². The maximum atomic E-state index is 12.0. The van der Waals surface area contributed by atoms with Gasteiger partial charge in [-0.25, -0.2) is 0 Å². The zero-order valence-electron chi connectivity index (χ0n) is 14.5. The summed E-state index contributed by atoms with van der Waals surface area (Å²) in [6, 6.07) is 10.1. The maximum Gasteiger partial charge on any atom is 0.276 e. The number of amides is 2. The van der Waals surface area contributed by atoms with Gasteiger partial charge in [-0.05, 0) is 49.0 Å². The Morgan fingerprint density at radius 2 is 1.96 bits per heavy atom. The van der Waals surface area contributed by atoms with Crippen molar-refractivity contribution in [2.45, 2.75) is 6.92 Å². The topological polar surface area (TPSA) is 123 Å². The molecular weight excluding hydrogens is 408 g/mol. The summed E-state index contributed by atoms with van der Waals surface area (Å²) >= 11 is 10.7. The summed E-state index contributed by atoms with van der Waals surface area (Å²) in [6.07, 6.45) is 0. The van der Waals surface area contributed by atoms with Gasteiger partial charge in [-0.2, -0.15) is 0 Å². The third-order valence-electron chi connectivity index (χ3n) is 3.36. The molecular formula is C17H15ClN4O5S. The average molecular weight is 423 g/mol. The van der Waals surface area contributed by atoms with Crippen LogP contribution in [0.5, 0.6) is 5.75 Å². The Morgan fingerprint density at radius 1 is 1.21 bits per heavy atom. The van der Waals surface area contributed by atoms with Crippen molar-refractivity contribution in [2.24, 2.45) is 0 Å². The number of carbonyl (C=O) groups excluding carboxylic acids is 2. The summed E-state index contributed by atoms with van der Waals surface area (Å²) in [6.45, 7) is 1.49. The van der Waals surface area contributed by atoms with Crippen LogP contribution in [0.1, 0.15) is 15.9 Å². The fraction of sp³-hybridized carbons (Fsp3) is 0.118. The summed E-state index contributed by atoms with van der Waals surface area (Å²) < 4.78 is 5.37. The van der Waals surface area contributed by atoms with Gasteiger partial charge in [0, 0.05) is 22.7 Å². The van der Waals surface area contributed by atoms with Crippen molar-refractivity contribution in [1.82, 2.24) is 16.2 Å². The van der Waals surface area contributed by atoms with Crippen molar-refractivity contribution in [3.63, 3.8) is 0 Å². The van der Waals surface area contributed by atoms with Gasteiger partial charge in [-0.3, -0.25) is 35.9 Å². The number of nitrogens with one attached hydrogen (secondary N) is 3. The molecule has 0 heterocycles. The van der Waals surface area contributed by atoms with Crippen LogP contribution in [-0.2, 0) is 4.79 Å². The van der Waals surface area contributed by atoms with Crippen molar-refractivity contribution in [1.29, 1.82) is 0 Å². The molecule has 0 atom stereocenters. The SMILES string of the molecule is Cc1cc(Cl)ccc1OCC(=O)NNC(=S)NC(=O)c1cccc([N+](=O)[O-])c1. The Labute approximate surface area is 170 Å². The van der Waals surface area contributed by atoms with Crippen LogP contribution < -0.4 is 20.9 Å². The first kappa shape index (κ1) is 21.1. The summed E-state index contributed by atoms with van der Waals surface area (Å²) in [5, 5.41) is 13.4. The molecule has 0 fully saturated rings. The summed E-state index contributed by atoms with van der Waals surface area (Å²) in [4.78, 5) is 34.0. The molecule has 0 aliphatic rings. The van der Waals surface area contributed by atoms with Crippen molar-refractivity contribution >= 4 is 46.4 Å². The van der Waals surface area contributed by atoms with Gasteiger partial charge in [0.05, 0.1) is 4.92 Å². The third-order valence-corrected chi connectivity index (χ3v) is 3.80. The predicted molar refractivity (Wildman–Crippen MR) is 106 cm³/mol. The van der Waals surface area contributed by atoms with Crippen LogP contribution in [0.2, 0.25) is 5.02 Å². The number of hydrogen-bond acceptors (Lipinski definition) is 6. The molecule has 0 aliphatic carbocycles. The quantitative estimate of drug-likeness (QED) is 0.383. The van der Waals surface area contributed by atoms with Crippen LogP contribution in [-0.4, -0.2) is 28.5 Å². The molecule has 28 heavy (non-hydrogen) atoms. The number of halogens is 1. The molecule has 0 saturated heterocycles. The molecule has 0 spiro atoms. The number of nitrogens with zero attached hydrogens (tertiary/aromatic N) is 1. The summed E-state index contributed by atoms with van der Waals surface area (Å²) in [5.74, 6) is -0.703. The second kappa shape index (κ2) is 9.62. The van der Waals surface area contributed by atoms with Gasteiger partial charge in [-0.1, -0.05) is 17.7 Å². The highest BCUT2D eigenvalue weighted by Gasteiger charge is 2.13. The van der Waals surface area contributed by atoms with E-state index in [2.05, 4.69) is 16.2 Å². The molecule has 2 amide bonds. The second-order valence-electron chi connectivity index (χ2n) is 5.46. The van der Waals surface area contributed by atoms with Gasteiger partial charge < -0.3 is 4.74 Å². The van der Waals surface area contributed by atoms with E-state index in [0.29, 0.717) is 10.8 Å². The van der Waals surface area contributed by atoms with Crippen molar-refractivity contribution in [3.05, 3.63) is 68.7 Å². The Hall–Kier alpha value is -3.24. The Bertz CT molecular complexity index is 938. The summed E-state index contributed by atoms with van der Waals surface area (Å²) in [7, 11) is 0. The van der Waals surface area contributed by atoms with E-state index in [0.717, 1.165) is 11.6 Å². The van der Waals surface area contributed by atoms with Crippen LogP contribution in [0.4, 0.5) is 5.69 Å². The lowest BCUT2D eigenvalue weighted by atomic mass is 10.2. The number of hydrogen-bond donors (Lipinski definition) is 3. The number of nitro benzene ring substituents is 1. The monoisotopic (exact) mass is 422 g/mol. The lowest BCUT2D eigenvalue weighted by Crippen LogP contribution is -2.49. The Morgan fingerprint density at radius 3 is 2.64 bits per heavy atom. The van der Waals surface area contributed by atoms with Gasteiger partial charge in [0.2, 0.25) is 0 Å². The number of carbonyl (C=O) groups is 2. The fourth-order valence-corrected chi connectivity index (χ4v) is 2.42. The first-order valence-corrected chi connectivity index (χ1v) is 8.58. The molecule has 9 nitrogen and oxygen atoms in total. The van der Waals surface area contributed by atoms with Gasteiger partial charge in [-0.15, -0.1) is 0 Å². The fourth-order valence-electron chi connectivity index (χ4n) is 2.05. The minimum Gasteiger partial charge on any atom is -0.483 e. The molecule has 0 bridgehead atoms. The highest BCUT2D eigenvalue weighted by atomic mass is 35.5. The largest absolute Gasteiger partial charge is 0.483 e. The molecule has 3 N–H and O–H groups in total. The number of ether oxygens (including phenoxy) is 1. The molecule has 0 aromatic heterocycles. The van der Waals surface area contributed by atoms with Gasteiger partial charge in [0.25, 0.3) is 17.5 Å². The highest BCUT2D eigenvalue weighted by Crippen LogP contribution is 2.21. The number of hydrazine groups is 1. The van der Waals surface area contributed by atoms with E-state index < -0.39 is 16.7 Å².